The first kappa shape index (κ1) is 14.8. The highest BCUT2D eigenvalue weighted by Crippen LogP contribution is 2.35. The van der Waals surface area contributed by atoms with Crippen molar-refractivity contribution in [2.24, 2.45) is 0 Å². The fourth-order valence-corrected chi connectivity index (χ4v) is 2.19. The highest BCUT2D eigenvalue weighted by atomic mass is 79.9. The number of nitrogens with zero attached hydrogens (tertiary/aromatic N) is 1. The van der Waals surface area contributed by atoms with E-state index >= 15 is 0 Å². The van der Waals surface area contributed by atoms with Gasteiger partial charge in [-0.2, -0.15) is 0 Å². The molecule has 6 heteroatoms. The Balaban J connectivity index is 2.42. The van der Waals surface area contributed by atoms with Crippen LogP contribution in [0, 0.1) is 17.0 Å². The predicted molar refractivity (Wildman–Crippen MR) is 82.0 cm³/mol. The summed E-state index contributed by atoms with van der Waals surface area (Å²) in [5.74, 6) is 0.706. The molecule has 20 heavy (non-hydrogen) atoms. The number of rotatable bonds is 4. The maximum absolute atomic E-state index is 11.1. The molecule has 104 valence electrons. The van der Waals surface area contributed by atoms with E-state index in [2.05, 4.69) is 15.9 Å². The van der Waals surface area contributed by atoms with Crippen molar-refractivity contribution in [2.45, 2.75) is 12.3 Å². The molecule has 0 saturated heterocycles. The summed E-state index contributed by atoms with van der Waals surface area (Å²) in [5, 5.41) is 12.2. The maximum Gasteiger partial charge on any atom is 0.311 e. The highest BCUT2D eigenvalue weighted by molar-refractivity contribution is 9.08. The average Bonchev–Trinajstić information content (AvgIpc) is 2.43. The predicted octanol–water partition coefficient (Wildman–Crippen LogP) is 5.24. The third kappa shape index (κ3) is 3.29. The molecule has 0 saturated carbocycles. The second kappa shape index (κ2) is 6.24. The molecule has 0 spiro atoms. The Bertz CT molecular complexity index is 661. The monoisotopic (exact) mass is 355 g/mol. The first-order valence-corrected chi connectivity index (χ1v) is 7.28. The quantitative estimate of drug-likeness (QED) is 0.427. The van der Waals surface area contributed by atoms with Gasteiger partial charge in [-0.05, 0) is 36.2 Å². The van der Waals surface area contributed by atoms with Gasteiger partial charge < -0.3 is 4.74 Å². The van der Waals surface area contributed by atoms with Gasteiger partial charge in [-0.1, -0.05) is 39.7 Å². The Kier molecular flexibility index (Phi) is 4.62. The van der Waals surface area contributed by atoms with E-state index in [-0.39, 0.29) is 11.4 Å². The molecule has 4 nitrogen and oxygen atoms in total. The van der Waals surface area contributed by atoms with Gasteiger partial charge in [0.1, 0.15) is 5.75 Å². The first-order valence-electron chi connectivity index (χ1n) is 5.78. The number of hydrogen-bond acceptors (Lipinski definition) is 3. The van der Waals surface area contributed by atoms with Gasteiger partial charge in [0.2, 0.25) is 5.75 Å². The zero-order valence-electron chi connectivity index (χ0n) is 10.6. The lowest BCUT2D eigenvalue weighted by Gasteiger charge is -2.10. The second-order valence-electron chi connectivity index (χ2n) is 4.20. The summed E-state index contributed by atoms with van der Waals surface area (Å²) in [4.78, 5) is 10.7. The number of hydrogen-bond donors (Lipinski definition) is 0. The minimum atomic E-state index is -0.457. The van der Waals surface area contributed by atoms with Gasteiger partial charge in [-0.15, -0.1) is 0 Å². The molecule has 2 rings (SSSR count). The van der Waals surface area contributed by atoms with Crippen molar-refractivity contribution in [3.63, 3.8) is 0 Å². The standard InChI is InChI=1S/C14H11BrClNO3/c1-9-2-4-11(16)7-14(9)20-13-5-3-10(8-15)6-12(13)17(18)19/h2-7H,8H2,1H3. The summed E-state index contributed by atoms with van der Waals surface area (Å²) >= 11 is 9.19. The van der Waals surface area contributed by atoms with Gasteiger partial charge in [0.05, 0.1) is 4.92 Å². The van der Waals surface area contributed by atoms with E-state index in [4.69, 9.17) is 16.3 Å². The van der Waals surface area contributed by atoms with E-state index in [1.807, 2.05) is 6.92 Å². The molecule has 0 heterocycles. The van der Waals surface area contributed by atoms with Crippen molar-refractivity contribution < 1.29 is 9.66 Å². The van der Waals surface area contributed by atoms with Crippen LogP contribution in [0.2, 0.25) is 5.02 Å². The zero-order valence-corrected chi connectivity index (χ0v) is 12.9. The molecule has 0 fully saturated rings. The number of halogens is 2. The van der Waals surface area contributed by atoms with Crippen LogP contribution in [0.1, 0.15) is 11.1 Å². The van der Waals surface area contributed by atoms with Gasteiger partial charge in [0, 0.05) is 16.4 Å². The molecular formula is C14H11BrClNO3. The minimum absolute atomic E-state index is 0.0682. The topological polar surface area (TPSA) is 52.4 Å². The highest BCUT2D eigenvalue weighted by Gasteiger charge is 2.17. The Labute approximate surface area is 129 Å². The molecule has 0 unspecified atom stereocenters. The van der Waals surface area contributed by atoms with Gasteiger partial charge in [-0.3, -0.25) is 10.1 Å². The lowest BCUT2D eigenvalue weighted by molar-refractivity contribution is -0.385. The van der Waals surface area contributed by atoms with E-state index in [1.165, 1.54) is 6.07 Å². The Morgan fingerprint density at radius 3 is 2.65 bits per heavy atom. The van der Waals surface area contributed by atoms with Crippen LogP contribution in [0.3, 0.4) is 0 Å². The van der Waals surface area contributed by atoms with Crippen molar-refractivity contribution in [3.8, 4) is 11.5 Å². The van der Waals surface area contributed by atoms with Crippen molar-refractivity contribution >= 4 is 33.2 Å². The van der Waals surface area contributed by atoms with E-state index in [9.17, 15) is 10.1 Å². The lowest BCUT2D eigenvalue weighted by Crippen LogP contribution is -1.95. The summed E-state index contributed by atoms with van der Waals surface area (Å²) < 4.78 is 5.64. The number of aryl methyl sites for hydroxylation is 1. The van der Waals surface area contributed by atoms with Crippen LogP contribution < -0.4 is 4.74 Å². The molecule has 0 aliphatic rings. The van der Waals surface area contributed by atoms with Crippen LogP contribution in [0.5, 0.6) is 11.5 Å². The molecule has 0 amide bonds. The summed E-state index contributed by atoms with van der Waals surface area (Å²) in [6.45, 7) is 1.85. The number of alkyl halides is 1. The first-order chi connectivity index (χ1) is 9.51. The van der Waals surface area contributed by atoms with Crippen molar-refractivity contribution in [3.05, 3.63) is 62.7 Å². The largest absolute Gasteiger partial charge is 0.450 e. The lowest BCUT2D eigenvalue weighted by atomic mass is 10.2. The average molecular weight is 357 g/mol. The van der Waals surface area contributed by atoms with Gasteiger partial charge in [0.15, 0.2) is 0 Å². The third-order valence-electron chi connectivity index (χ3n) is 2.74. The van der Waals surface area contributed by atoms with Crippen LogP contribution in [0.25, 0.3) is 0 Å². The minimum Gasteiger partial charge on any atom is -0.450 e. The number of nitro benzene ring substituents is 1. The SMILES string of the molecule is Cc1ccc(Cl)cc1Oc1ccc(CBr)cc1[N+](=O)[O-]. The zero-order chi connectivity index (χ0) is 14.7. The Morgan fingerprint density at radius 1 is 1.25 bits per heavy atom. The van der Waals surface area contributed by atoms with Crippen LogP contribution in [0.4, 0.5) is 5.69 Å². The molecule has 2 aromatic rings. The molecule has 0 bridgehead atoms. The fraction of sp³-hybridized carbons (Fsp3) is 0.143. The normalized spacial score (nSPS) is 10.3. The van der Waals surface area contributed by atoms with E-state index < -0.39 is 4.92 Å². The molecule has 0 aliphatic carbocycles. The van der Waals surface area contributed by atoms with Crippen molar-refractivity contribution in [1.82, 2.24) is 0 Å². The summed E-state index contributed by atoms with van der Waals surface area (Å²) in [5.41, 5.74) is 1.60. The number of ether oxygens (including phenoxy) is 1. The van der Waals surface area contributed by atoms with Crippen molar-refractivity contribution in [1.29, 1.82) is 0 Å². The fourth-order valence-electron chi connectivity index (χ4n) is 1.68. The summed E-state index contributed by atoms with van der Waals surface area (Å²) in [7, 11) is 0. The van der Waals surface area contributed by atoms with Gasteiger partial charge in [-0.25, -0.2) is 0 Å². The molecular weight excluding hydrogens is 346 g/mol. The molecule has 0 aliphatic heterocycles. The molecule has 2 aromatic carbocycles. The number of benzene rings is 2. The third-order valence-corrected chi connectivity index (χ3v) is 3.63. The molecule has 0 N–H and O–H groups in total. The molecule has 0 radical (unpaired) electrons. The second-order valence-corrected chi connectivity index (χ2v) is 5.20. The van der Waals surface area contributed by atoms with Crippen LogP contribution in [-0.2, 0) is 5.33 Å². The van der Waals surface area contributed by atoms with Crippen LogP contribution >= 0.6 is 27.5 Å². The van der Waals surface area contributed by atoms with E-state index in [0.717, 1.165) is 11.1 Å². The molecule has 0 atom stereocenters. The summed E-state index contributed by atoms with van der Waals surface area (Å²) in [6.07, 6.45) is 0. The smallest absolute Gasteiger partial charge is 0.311 e. The Hall–Kier alpha value is -1.59. The molecule has 0 aromatic heterocycles. The van der Waals surface area contributed by atoms with Crippen LogP contribution in [0.15, 0.2) is 36.4 Å². The van der Waals surface area contributed by atoms with Gasteiger partial charge >= 0.3 is 5.69 Å². The van der Waals surface area contributed by atoms with E-state index in [0.29, 0.717) is 16.1 Å². The Morgan fingerprint density at radius 2 is 2.00 bits per heavy atom. The van der Waals surface area contributed by atoms with Crippen LogP contribution in [-0.4, -0.2) is 4.92 Å². The maximum atomic E-state index is 11.1. The summed E-state index contributed by atoms with van der Waals surface area (Å²) in [6, 6.07) is 10.0. The van der Waals surface area contributed by atoms with E-state index in [1.54, 1.807) is 30.3 Å². The number of nitro groups is 1. The van der Waals surface area contributed by atoms with Crippen molar-refractivity contribution in [2.75, 3.05) is 0 Å². The van der Waals surface area contributed by atoms with Gasteiger partial charge in [0.25, 0.3) is 0 Å².